The Bertz CT molecular complexity index is 698. The SMILES string of the molecule is CCOc1ccc(S(=O)(=O)N2CCC(C(=O)N(C)C(C)CN)CC2)cc1. The molecule has 2 N–H and O–H groups in total. The third kappa shape index (κ3) is 4.55. The van der Waals surface area contributed by atoms with E-state index in [2.05, 4.69) is 0 Å². The Hall–Kier alpha value is -1.64. The van der Waals surface area contributed by atoms with Crippen LogP contribution in [-0.4, -0.2) is 62.9 Å². The van der Waals surface area contributed by atoms with Crippen molar-refractivity contribution in [2.45, 2.75) is 37.6 Å². The lowest BCUT2D eigenvalue weighted by molar-refractivity contribution is -0.137. The Morgan fingerprint density at radius 2 is 1.88 bits per heavy atom. The molecular weight excluding hydrogens is 354 g/mol. The van der Waals surface area contributed by atoms with Crippen LogP contribution in [0.3, 0.4) is 0 Å². The Labute approximate surface area is 156 Å². The first-order valence-electron chi connectivity index (χ1n) is 9.01. The second-order valence-corrected chi connectivity index (χ2v) is 8.55. The van der Waals surface area contributed by atoms with E-state index in [-0.39, 0.29) is 22.8 Å². The van der Waals surface area contributed by atoms with Gasteiger partial charge in [0, 0.05) is 38.6 Å². The fraction of sp³-hybridized carbons (Fsp3) is 0.611. The summed E-state index contributed by atoms with van der Waals surface area (Å²) in [5.41, 5.74) is 5.62. The van der Waals surface area contributed by atoms with E-state index >= 15 is 0 Å². The highest BCUT2D eigenvalue weighted by Gasteiger charge is 2.33. The van der Waals surface area contributed by atoms with E-state index in [1.165, 1.54) is 4.31 Å². The number of sulfonamides is 1. The quantitative estimate of drug-likeness (QED) is 0.766. The van der Waals surface area contributed by atoms with Gasteiger partial charge >= 0.3 is 0 Å². The molecule has 1 aliphatic rings. The number of amides is 1. The number of nitrogens with zero attached hydrogens (tertiary/aromatic N) is 2. The fourth-order valence-corrected chi connectivity index (χ4v) is 4.50. The molecule has 0 spiro atoms. The predicted octanol–water partition coefficient (Wildman–Crippen LogP) is 1.29. The van der Waals surface area contributed by atoms with Crippen LogP contribution in [0.5, 0.6) is 5.75 Å². The molecule has 1 saturated heterocycles. The van der Waals surface area contributed by atoms with Crippen LogP contribution in [-0.2, 0) is 14.8 Å². The van der Waals surface area contributed by atoms with Gasteiger partial charge in [-0.05, 0) is 51.0 Å². The Morgan fingerprint density at radius 3 is 2.38 bits per heavy atom. The van der Waals surface area contributed by atoms with Crippen molar-refractivity contribution in [2.24, 2.45) is 11.7 Å². The first kappa shape index (κ1) is 20.7. The average Bonchev–Trinajstić information content (AvgIpc) is 2.67. The Balaban J connectivity index is 2.01. The lowest BCUT2D eigenvalue weighted by atomic mass is 9.96. The van der Waals surface area contributed by atoms with Crippen molar-refractivity contribution >= 4 is 15.9 Å². The maximum atomic E-state index is 12.8. The van der Waals surface area contributed by atoms with Gasteiger partial charge in [-0.3, -0.25) is 4.79 Å². The molecule has 0 bridgehead atoms. The second-order valence-electron chi connectivity index (χ2n) is 6.62. The van der Waals surface area contributed by atoms with Gasteiger partial charge in [0.15, 0.2) is 0 Å². The van der Waals surface area contributed by atoms with Crippen LogP contribution in [0.15, 0.2) is 29.2 Å². The Morgan fingerprint density at radius 1 is 1.31 bits per heavy atom. The van der Waals surface area contributed by atoms with Crippen LogP contribution in [0, 0.1) is 5.92 Å². The fourth-order valence-electron chi connectivity index (χ4n) is 3.03. The molecule has 0 radical (unpaired) electrons. The second kappa shape index (κ2) is 8.83. The maximum absolute atomic E-state index is 12.8. The zero-order valence-electron chi connectivity index (χ0n) is 15.7. The highest BCUT2D eigenvalue weighted by molar-refractivity contribution is 7.89. The van der Waals surface area contributed by atoms with Crippen molar-refractivity contribution in [3.05, 3.63) is 24.3 Å². The molecule has 1 aromatic rings. The molecule has 1 heterocycles. The summed E-state index contributed by atoms with van der Waals surface area (Å²) in [6.07, 6.45) is 1.05. The van der Waals surface area contributed by atoms with E-state index in [4.69, 9.17) is 10.5 Å². The smallest absolute Gasteiger partial charge is 0.243 e. The summed E-state index contributed by atoms with van der Waals surface area (Å²) in [5, 5.41) is 0. The molecule has 7 nitrogen and oxygen atoms in total. The van der Waals surface area contributed by atoms with Crippen LogP contribution < -0.4 is 10.5 Å². The highest BCUT2D eigenvalue weighted by Crippen LogP contribution is 2.26. The minimum Gasteiger partial charge on any atom is -0.494 e. The van der Waals surface area contributed by atoms with Gasteiger partial charge in [0.2, 0.25) is 15.9 Å². The first-order valence-corrected chi connectivity index (χ1v) is 10.4. The van der Waals surface area contributed by atoms with Crippen molar-refractivity contribution in [2.75, 3.05) is 33.3 Å². The molecule has 146 valence electrons. The number of hydrogen-bond acceptors (Lipinski definition) is 5. The molecule has 8 heteroatoms. The predicted molar refractivity (Wildman–Crippen MR) is 100 cm³/mol. The summed E-state index contributed by atoms with van der Waals surface area (Å²) in [6, 6.07) is 6.43. The van der Waals surface area contributed by atoms with E-state index < -0.39 is 10.0 Å². The number of carbonyl (C=O) groups is 1. The van der Waals surface area contributed by atoms with Gasteiger partial charge in [-0.2, -0.15) is 4.31 Å². The van der Waals surface area contributed by atoms with E-state index in [0.717, 1.165) is 0 Å². The van der Waals surface area contributed by atoms with Gasteiger partial charge < -0.3 is 15.4 Å². The molecule has 1 aromatic carbocycles. The zero-order chi connectivity index (χ0) is 19.3. The third-order valence-electron chi connectivity index (χ3n) is 4.93. The topological polar surface area (TPSA) is 92.9 Å². The van der Waals surface area contributed by atoms with E-state index in [1.807, 2.05) is 13.8 Å². The molecule has 26 heavy (non-hydrogen) atoms. The molecule has 1 unspecified atom stereocenters. The molecule has 0 aromatic heterocycles. The van der Waals surface area contributed by atoms with Gasteiger partial charge in [0.05, 0.1) is 11.5 Å². The number of piperidine rings is 1. The van der Waals surface area contributed by atoms with E-state index in [1.54, 1.807) is 36.2 Å². The number of nitrogens with two attached hydrogens (primary N) is 1. The summed E-state index contributed by atoms with van der Waals surface area (Å²) >= 11 is 0. The first-order chi connectivity index (χ1) is 12.3. The van der Waals surface area contributed by atoms with Crippen molar-refractivity contribution in [1.82, 2.24) is 9.21 Å². The van der Waals surface area contributed by atoms with Crippen LogP contribution in [0.2, 0.25) is 0 Å². The molecule has 1 fully saturated rings. The number of carbonyl (C=O) groups excluding carboxylic acids is 1. The molecule has 1 aliphatic heterocycles. The largest absolute Gasteiger partial charge is 0.494 e. The van der Waals surface area contributed by atoms with Gasteiger partial charge in [-0.25, -0.2) is 8.42 Å². The Kier molecular flexibility index (Phi) is 7.02. The monoisotopic (exact) mass is 383 g/mol. The summed E-state index contributed by atoms with van der Waals surface area (Å²) in [6.45, 7) is 5.41. The van der Waals surface area contributed by atoms with Crippen molar-refractivity contribution in [3.63, 3.8) is 0 Å². The minimum atomic E-state index is -3.55. The lowest BCUT2D eigenvalue weighted by Crippen LogP contribution is -2.47. The molecule has 1 atom stereocenters. The lowest BCUT2D eigenvalue weighted by Gasteiger charge is -2.34. The van der Waals surface area contributed by atoms with Crippen molar-refractivity contribution in [1.29, 1.82) is 0 Å². The van der Waals surface area contributed by atoms with Gasteiger partial charge in [0.25, 0.3) is 0 Å². The number of hydrogen-bond donors (Lipinski definition) is 1. The van der Waals surface area contributed by atoms with Crippen LogP contribution in [0.1, 0.15) is 26.7 Å². The van der Waals surface area contributed by atoms with E-state index in [9.17, 15) is 13.2 Å². The average molecular weight is 384 g/mol. The van der Waals surface area contributed by atoms with Crippen molar-refractivity contribution in [3.8, 4) is 5.75 Å². The number of ether oxygens (including phenoxy) is 1. The standard InChI is InChI=1S/C18H29N3O4S/c1-4-25-16-5-7-17(8-6-16)26(23,24)21-11-9-15(10-12-21)18(22)20(3)14(2)13-19/h5-8,14-15H,4,9-13,19H2,1-3H3. The van der Waals surface area contributed by atoms with Crippen molar-refractivity contribution < 1.29 is 17.9 Å². The summed E-state index contributed by atoms with van der Waals surface area (Å²) in [7, 11) is -1.80. The van der Waals surface area contributed by atoms with Gasteiger partial charge in [-0.15, -0.1) is 0 Å². The van der Waals surface area contributed by atoms with Crippen LogP contribution in [0.25, 0.3) is 0 Å². The number of rotatable bonds is 7. The summed E-state index contributed by atoms with van der Waals surface area (Å²) in [5.74, 6) is 0.537. The zero-order valence-corrected chi connectivity index (χ0v) is 16.5. The number of benzene rings is 1. The molecule has 2 rings (SSSR count). The molecular formula is C18H29N3O4S. The maximum Gasteiger partial charge on any atom is 0.243 e. The minimum absolute atomic E-state index is 0.0203. The van der Waals surface area contributed by atoms with Gasteiger partial charge in [0.1, 0.15) is 5.75 Å². The van der Waals surface area contributed by atoms with E-state index in [0.29, 0.717) is 44.8 Å². The summed E-state index contributed by atoms with van der Waals surface area (Å²) in [4.78, 5) is 14.4. The van der Waals surface area contributed by atoms with Crippen LogP contribution >= 0.6 is 0 Å². The molecule has 0 saturated carbocycles. The summed E-state index contributed by atoms with van der Waals surface area (Å²) < 4.78 is 32.4. The number of likely N-dealkylation sites (N-methyl/N-ethyl adjacent to an activating group) is 1. The molecule has 1 amide bonds. The third-order valence-corrected chi connectivity index (χ3v) is 6.84. The van der Waals surface area contributed by atoms with Gasteiger partial charge in [-0.1, -0.05) is 0 Å². The normalized spacial score (nSPS) is 17.7. The molecule has 0 aliphatic carbocycles. The highest BCUT2D eigenvalue weighted by atomic mass is 32.2. The van der Waals surface area contributed by atoms with Crippen LogP contribution in [0.4, 0.5) is 0 Å².